The minimum atomic E-state index is -0.411. The number of rotatable bonds is 6. The van der Waals surface area contributed by atoms with Gasteiger partial charge in [0.15, 0.2) is 0 Å². The lowest BCUT2D eigenvalue weighted by molar-refractivity contribution is -0.181. The van der Waals surface area contributed by atoms with Crippen LogP contribution in [0.3, 0.4) is 0 Å². The van der Waals surface area contributed by atoms with Crippen LogP contribution < -0.4 is 10.1 Å². The van der Waals surface area contributed by atoms with Crippen LogP contribution >= 0.6 is 11.6 Å². The highest BCUT2D eigenvalue weighted by molar-refractivity contribution is 6.31. The number of hydrogen-bond acceptors (Lipinski definition) is 5. The van der Waals surface area contributed by atoms with Crippen molar-refractivity contribution in [3.05, 3.63) is 28.8 Å². The lowest BCUT2D eigenvalue weighted by Gasteiger charge is -2.64. The Morgan fingerprint density at radius 2 is 1.59 bits per heavy atom. The number of benzene rings is 1. The molecule has 1 heterocycles. The highest BCUT2D eigenvalue weighted by atomic mass is 35.5. The number of piperidine rings is 1. The van der Waals surface area contributed by atoms with Crippen LogP contribution in [0.4, 0.5) is 0 Å². The van der Waals surface area contributed by atoms with E-state index in [1.54, 1.807) is 18.2 Å². The molecule has 8 heteroatoms. The minimum absolute atomic E-state index is 0.0694. The molecule has 0 atom stereocenters. The highest BCUT2D eigenvalue weighted by Crippen LogP contribution is 2.60. The van der Waals surface area contributed by atoms with Crippen LogP contribution in [-0.2, 0) is 14.4 Å². The molecule has 4 saturated carbocycles. The van der Waals surface area contributed by atoms with Gasteiger partial charge in [-0.15, -0.1) is 0 Å². The van der Waals surface area contributed by atoms with Crippen molar-refractivity contribution in [3.63, 3.8) is 0 Å². The summed E-state index contributed by atoms with van der Waals surface area (Å²) in [4.78, 5) is 40.5. The van der Waals surface area contributed by atoms with Gasteiger partial charge in [-0.05, 0) is 63.5 Å². The molecule has 0 aromatic heterocycles. The second kappa shape index (κ2) is 9.80. The van der Waals surface area contributed by atoms with E-state index in [9.17, 15) is 14.4 Å². The molecule has 5 aliphatic rings. The number of hydrogen-bond donors (Lipinski definition) is 1. The normalized spacial score (nSPS) is 33.0. The number of aldehydes is 1. The van der Waals surface area contributed by atoms with Gasteiger partial charge in [0.2, 0.25) is 11.8 Å². The number of nitrogens with one attached hydrogen (secondary N) is 1. The maximum absolute atomic E-state index is 13.9. The summed E-state index contributed by atoms with van der Waals surface area (Å²) in [5.74, 6) is 1.04. The quantitative estimate of drug-likeness (QED) is 0.483. The fourth-order valence-electron chi connectivity index (χ4n) is 8.30. The number of nitriles is 1. The molecule has 1 N–H and O–H groups in total. The first-order valence-corrected chi connectivity index (χ1v) is 14.7. The zero-order valence-electron chi connectivity index (χ0n) is 23.5. The molecule has 2 bridgehead atoms. The van der Waals surface area contributed by atoms with Gasteiger partial charge in [-0.3, -0.25) is 9.59 Å². The molecule has 1 aromatic carbocycles. The first kappa shape index (κ1) is 28.0. The summed E-state index contributed by atoms with van der Waals surface area (Å²) in [6.07, 6.45) is 6.90. The van der Waals surface area contributed by atoms with Gasteiger partial charge < -0.3 is 19.7 Å². The number of nitrogens with zero attached hydrogens (tertiary/aromatic N) is 2. The van der Waals surface area contributed by atoms with E-state index in [1.807, 2.05) is 4.90 Å². The van der Waals surface area contributed by atoms with Gasteiger partial charge in [0.25, 0.3) is 0 Å². The molecule has 7 nitrogen and oxygen atoms in total. The summed E-state index contributed by atoms with van der Waals surface area (Å²) in [5, 5.41) is 13.0. The molecule has 6 rings (SSSR count). The van der Waals surface area contributed by atoms with Crippen LogP contribution in [-0.4, -0.2) is 48.2 Å². The van der Waals surface area contributed by atoms with Crippen molar-refractivity contribution in [1.82, 2.24) is 10.2 Å². The van der Waals surface area contributed by atoms with Crippen molar-refractivity contribution in [2.24, 2.45) is 27.6 Å². The molecule has 210 valence electrons. The molecule has 4 aliphatic carbocycles. The number of halogens is 1. The molecular weight excluding hydrogens is 514 g/mol. The highest BCUT2D eigenvalue weighted by Gasteiger charge is 2.65. The number of likely N-dealkylation sites (tertiary alicyclic amines) is 1. The van der Waals surface area contributed by atoms with Gasteiger partial charge in [-0.2, -0.15) is 5.26 Å². The van der Waals surface area contributed by atoms with Crippen LogP contribution in [0.5, 0.6) is 5.75 Å². The van der Waals surface area contributed by atoms with Gasteiger partial charge >= 0.3 is 0 Å². The predicted octanol–water partition coefficient (Wildman–Crippen LogP) is 5.29. The summed E-state index contributed by atoms with van der Waals surface area (Å²) in [6, 6.07) is 7.11. The van der Waals surface area contributed by atoms with Crippen LogP contribution in [0.15, 0.2) is 18.2 Å². The second-order valence-electron chi connectivity index (χ2n) is 13.6. The second-order valence-corrected chi connectivity index (χ2v) is 14.0. The van der Waals surface area contributed by atoms with E-state index in [4.69, 9.17) is 21.6 Å². The Labute approximate surface area is 236 Å². The van der Waals surface area contributed by atoms with Crippen molar-refractivity contribution in [3.8, 4) is 11.8 Å². The van der Waals surface area contributed by atoms with Crippen molar-refractivity contribution in [2.75, 3.05) is 13.1 Å². The summed E-state index contributed by atoms with van der Waals surface area (Å²) in [6.45, 7) is 9.82. The summed E-state index contributed by atoms with van der Waals surface area (Å²) >= 11 is 6.22. The summed E-state index contributed by atoms with van der Waals surface area (Å²) < 4.78 is 6.38. The molecule has 1 aromatic rings. The lowest BCUT2D eigenvalue weighted by atomic mass is 9.48. The third kappa shape index (κ3) is 4.53. The number of amides is 2. The Bertz CT molecular complexity index is 1170. The van der Waals surface area contributed by atoms with E-state index in [-0.39, 0.29) is 46.1 Å². The maximum atomic E-state index is 13.9. The molecule has 0 unspecified atom stereocenters. The van der Waals surface area contributed by atoms with Crippen LogP contribution in [0.2, 0.25) is 5.02 Å². The van der Waals surface area contributed by atoms with Gasteiger partial charge in [-0.25, -0.2) is 0 Å². The van der Waals surface area contributed by atoms with E-state index < -0.39 is 5.41 Å². The first-order chi connectivity index (χ1) is 18.4. The largest absolute Gasteiger partial charge is 0.489 e. The Balaban J connectivity index is 1.22. The van der Waals surface area contributed by atoms with E-state index in [2.05, 4.69) is 39.1 Å². The SMILES string of the molecule is CC1(C)C(NC(=O)C23CCC(C(=O)N4CCC(C=O)CC4)(CC2)CC3)C(C)(C)C1Oc1ccc(C#N)c(Cl)c1. The fraction of sp³-hybridized carbons (Fsp3) is 0.677. The Kier molecular flexibility index (Phi) is 7.02. The van der Waals surface area contributed by atoms with Crippen LogP contribution in [0.1, 0.15) is 84.6 Å². The van der Waals surface area contributed by atoms with E-state index in [0.29, 0.717) is 29.4 Å². The Morgan fingerprint density at radius 1 is 1.03 bits per heavy atom. The average molecular weight is 554 g/mol. The standard InChI is InChI=1S/C31H40ClN3O4/c1-28(2)24(29(3,4)25(28)39-22-6-5-21(18-33)23(32)17-22)34-26(37)30-9-12-31(13-10-30,14-11-30)27(38)35-15-7-20(19-36)8-16-35/h5-6,17,19-20,24-25H,7-16H2,1-4H3,(H,34,37). The van der Waals surface area contributed by atoms with E-state index in [0.717, 1.165) is 57.7 Å². The molecule has 2 amide bonds. The van der Waals surface area contributed by atoms with Crippen molar-refractivity contribution < 1.29 is 19.1 Å². The topological polar surface area (TPSA) is 99.5 Å². The summed E-state index contributed by atoms with van der Waals surface area (Å²) in [5.41, 5.74) is -0.967. The molecule has 0 radical (unpaired) electrons. The zero-order chi connectivity index (χ0) is 28.2. The molecule has 39 heavy (non-hydrogen) atoms. The van der Waals surface area contributed by atoms with Crippen molar-refractivity contribution in [1.29, 1.82) is 5.26 Å². The minimum Gasteiger partial charge on any atom is -0.489 e. The van der Waals surface area contributed by atoms with E-state index in [1.165, 1.54) is 0 Å². The van der Waals surface area contributed by atoms with Gasteiger partial charge in [-0.1, -0.05) is 39.3 Å². The number of ether oxygens (including phenoxy) is 1. The van der Waals surface area contributed by atoms with Gasteiger partial charge in [0.05, 0.1) is 10.6 Å². The van der Waals surface area contributed by atoms with Crippen molar-refractivity contribution >= 4 is 29.7 Å². The number of fused-ring (bicyclic) bond motifs is 3. The van der Waals surface area contributed by atoms with E-state index >= 15 is 0 Å². The van der Waals surface area contributed by atoms with Crippen LogP contribution in [0, 0.1) is 38.9 Å². The van der Waals surface area contributed by atoms with Crippen molar-refractivity contribution in [2.45, 2.75) is 91.2 Å². The summed E-state index contributed by atoms with van der Waals surface area (Å²) in [7, 11) is 0. The van der Waals surface area contributed by atoms with Gasteiger partial charge in [0, 0.05) is 52.8 Å². The first-order valence-electron chi connectivity index (χ1n) is 14.3. The lowest BCUT2D eigenvalue weighted by Crippen LogP contribution is -2.75. The average Bonchev–Trinajstić information content (AvgIpc) is 2.94. The number of carbonyl (C=O) groups excluding carboxylic acids is 3. The zero-order valence-corrected chi connectivity index (χ0v) is 24.3. The monoisotopic (exact) mass is 553 g/mol. The Morgan fingerprint density at radius 3 is 2.10 bits per heavy atom. The predicted molar refractivity (Wildman–Crippen MR) is 148 cm³/mol. The maximum Gasteiger partial charge on any atom is 0.228 e. The molecular formula is C31H40ClN3O4. The third-order valence-corrected chi connectivity index (χ3v) is 10.9. The Hall–Kier alpha value is -2.59. The smallest absolute Gasteiger partial charge is 0.228 e. The molecule has 0 spiro atoms. The van der Waals surface area contributed by atoms with Crippen LogP contribution in [0.25, 0.3) is 0 Å². The third-order valence-electron chi connectivity index (χ3n) is 10.6. The van der Waals surface area contributed by atoms with Gasteiger partial charge in [0.1, 0.15) is 24.2 Å². The molecule has 1 saturated heterocycles. The molecule has 1 aliphatic heterocycles. The molecule has 5 fully saturated rings. The fourth-order valence-corrected chi connectivity index (χ4v) is 8.51. The number of carbonyl (C=O) groups is 3.